The molecule has 0 unspecified atom stereocenters. The maximum atomic E-state index is 8.55. The van der Waals surface area contributed by atoms with Crippen molar-refractivity contribution < 1.29 is 64.7 Å². The largest absolute Gasteiger partial charge is 3.00 e. The molecule has 7 heavy (non-hydrogen) atoms. The van der Waals surface area contributed by atoms with Gasteiger partial charge in [0, 0.05) is 0 Å². The van der Waals surface area contributed by atoms with E-state index >= 15 is 0 Å². The topological polar surface area (TPSA) is 118 Å². The third-order valence-electron chi connectivity index (χ3n) is 0. The van der Waals surface area contributed by atoms with Gasteiger partial charge in [0.1, 0.15) is 0 Å². The van der Waals surface area contributed by atoms with Gasteiger partial charge in [0.25, 0.3) is 0 Å². The van der Waals surface area contributed by atoms with E-state index in [2.05, 4.69) is 0 Å². The summed E-state index contributed by atoms with van der Waals surface area (Å²) in [6.07, 6.45) is 0. The van der Waals surface area contributed by atoms with E-state index in [0.29, 0.717) is 0 Å². The Labute approximate surface area is 72.0 Å². The molecular weight excluding hydrogens is 268 g/mol. The first-order valence-electron chi connectivity index (χ1n) is 0.730. The predicted molar refractivity (Wildman–Crippen MR) is 11.2 cm³/mol. The smallest absolute Gasteiger partial charge is 0.822 e. The van der Waals surface area contributed by atoms with Crippen molar-refractivity contribution in [2.75, 3.05) is 0 Å². The summed E-state index contributed by atoms with van der Waals surface area (Å²) >= 11 is 0. The summed E-state index contributed by atoms with van der Waals surface area (Å²) in [6.45, 7) is 0. The van der Waals surface area contributed by atoms with Gasteiger partial charge in [-0.1, -0.05) is 0 Å². The van der Waals surface area contributed by atoms with E-state index in [1.165, 1.54) is 0 Å². The zero-order valence-corrected chi connectivity index (χ0v) is 6.10. The fourth-order valence-electron chi connectivity index (χ4n) is 0. The van der Waals surface area contributed by atoms with Gasteiger partial charge in [0.05, 0.1) is 0 Å². The summed E-state index contributed by atoms with van der Waals surface area (Å²) < 4.78 is 8.55. The second kappa shape index (κ2) is 5.53. The molecular formula is H2GdO5P. The molecule has 0 rings (SSSR count). The van der Waals surface area contributed by atoms with Crippen LogP contribution in [0.3, 0.4) is 0 Å². The molecule has 0 heterocycles. The zero-order valence-electron chi connectivity index (χ0n) is 2.93. The molecule has 5 nitrogen and oxygen atoms in total. The Hall–Kier alpha value is 1.39. The van der Waals surface area contributed by atoms with Crippen LogP contribution >= 0.6 is 7.82 Å². The summed E-state index contributed by atoms with van der Waals surface area (Å²) in [5.74, 6) is 0. The molecule has 0 amide bonds. The molecule has 0 aromatic carbocycles. The summed E-state index contributed by atoms with van der Waals surface area (Å²) in [5.41, 5.74) is 0. The first kappa shape index (κ1) is 15.8. The van der Waals surface area contributed by atoms with Gasteiger partial charge in [-0.2, -0.15) is 7.82 Å². The second-order valence-electron chi connectivity index (χ2n) is 0.447. The zero-order chi connectivity index (χ0) is 4.50. The minimum atomic E-state index is -5.39. The normalized spacial score (nSPS) is 8.43. The Balaban J connectivity index is -0.0000000800. The Morgan fingerprint density at radius 3 is 1.14 bits per heavy atom. The molecule has 0 aromatic rings. The summed E-state index contributed by atoms with van der Waals surface area (Å²) in [4.78, 5) is 25.6. The van der Waals surface area contributed by atoms with Gasteiger partial charge in [-0.25, -0.2) is 0 Å². The maximum absolute atomic E-state index is 8.55. The fraction of sp³-hybridized carbons (Fsp3) is 0. The van der Waals surface area contributed by atoms with Crippen LogP contribution in [0.2, 0.25) is 0 Å². The van der Waals surface area contributed by atoms with Crippen LogP contribution in [0.4, 0.5) is 0 Å². The van der Waals surface area contributed by atoms with Crippen LogP contribution in [0.25, 0.3) is 0 Å². The molecule has 0 saturated heterocycles. The van der Waals surface area contributed by atoms with Crippen LogP contribution in [0, 0.1) is 39.9 Å². The maximum Gasteiger partial charge on any atom is 3.00 e. The van der Waals surface area contributed by atoms with Crippen molar-refractivity contribution in [2.45, 2.75) is 0 Å². The van der Waals surface area contributed by atoms with Crippen molar-refractivity contribution in [3.05, 3.63) is 0 Å². The van der Waals surface area contributed by atoms with Crippen LogP contribution in [0.5, 0.6) is 0 Å². The quantitative estimate of drug-likeness (QED) is 0.422. The summed E-state index contributed by atoms with van der Waals surface area (Å²) in [6, 6.07) is 0. The average Bonchev–Trinajstić information content (AvgIpc) is 0.722. The fourth-order valence-corrected chi connectivity index (χ4v) is 0. The summed E-state index contributed by atoms with van der Waals surface area (Å²) in [5, 5.41) is 0. The molecule has 0 aromatic heterocycles. The molecule has 0 fully saturated rings. The molecule has 1 radical (unpaired) electrons. The van der Waals surface area contributed by atoms with E-state index in [0.717, 1.165) is 0 Å². The monoisotopic (exact) mass is 271 g/mol. The number of hydrogen-bond donors (Lipinski definition) is 0. The first-order valence-corrected chi connectivity index (χ1v) is 2.19. The van der Waals surface area contributed by atoms with Crippen LogP contribution in [0.1, 0.15) is 0 Å². The number of rotatable bonds is 0. The molecule has 0 aliphatic rings. The van der Waals surface area contributed by atoms with Crippen molar-refractivity contribution in [2.24, 2.45) is 0 Å². The van der Waals surface area contributed by atoms with Crippen molar-refractivity contribution in [1.82, 2.24) is 0 Å². The van der Waals surface area contributed by atoms with Crippen LogP contribution in [-0.4, -0.2) is 5.48 Å². The van der Waals surface area contributed by atoms with Crippen molar-refractivity contribution in [3.63, 3.8) is 0 Å². The van der Waals surface area contributed by atoms with Crippen LogP contribution < -0.4 is 14.7 Å². The van der Waals surface area contributed by atoms with E-state index < -0.39 is 7.82 Å². The summed E-state index contributed by atoms with van der Waals surface area (Å²) in [7, 11) is -5.39. The minimum Gasteiger partial charge on any atom is -0.822 e. The molecule has 0 bridgehead atoms. The average molecular weight is 270 g/mol. The van der Waals surface area contributed by atoms with Crippen LogP contribution in [0.15, 0.2) is 0 Å². The van der Waals surface area contributed by atoms with E-state index in [1.54, 1.807) is 0 Å². The predicted octanol–water partition coefficient (Wildman–Crippen LogP) is -3.65. The molecule has 0 atom stereocenters. The second-order valence-corrected chi connectivity index (χ2v) is 1.34. The molecule has 0 aliphatic heterocycles. The Morgan fingerprint density at radius 1 is 1.14 bits per heavy atom. The van der Waals surface area contributed by atoms with E-state index in [-0.39, 0.29) is 45.4 Å². The van der Waals surface area contributed by atoms with E-state index in [9.17, 15) is 0 Å². The minimum absolute atomic E-state index is 0. The van der Waals surface area contributed by atoms with Crippen LogP contribution in [-0.2, 0) is 4.57 Å². The van der Waals surface area contributed by atoms with Crippen molar-refractivity contribution >= 4 is 7.82 Å². The van der Waals surface area contributed by atoms with Gasteiger partial charge in [-0.15, -0.1) is 0 Å². The van der Waals surface area contributed by atoms with Gasteiger partial charge in [0.2, 0.25) is 0 Å². The Morgan fingerprint density at radius 2 is 1.14 bits per heavy atom. The number of hydrogen-bond acceptors (Lipinski definition) is 4. The van der Waals surface area contributed by atoms with Crippen molar-refractivity contribution in [3.8, 4) is 0 Å². The molecule has 0 spiro atoms. The molecule has 0 saturated carbocycles. The standard InChI is InChI=1S/Gd.H3O4P.H2O/c;1-5(2,3)4;/h;(H3,1,2,3,4);1H2/q+3;;/p-3. The van der Waals surface area contributed by atoms with Gasteiger partial charge in [-0.3, -0.25) is 0 Å². The SMILES string of the molecule is O.O=P([O-])([O-])[O-].[Gd+3]. The molecule has 45 valence electrons. The number of phosphoric acid groups is 1. The third kappa shape index (κ3) is 111. The molecule has 7 heteroatoms. The first-order chi connectivity index (χ1) is 2.00. The molecule has 2 N–H and O–H groups in total. The van der Waals surface area contributed by atoms with Crippen molar-refractivity contribution in [1.29, 1.82) is 0 Å². The van der Waals surface area contributed by atoms with E-state index in [1.807, 2.05) is 0 Å². The third-order valence-corrected chi connectivity index (χ3v) is 0. The van der Waals surface area contributed by atoms with Gasteiger partial charge in [0.15, 0.2) is 0 Å². The van der Waals surface area contributed by atoms with Gasteiger partial charge in [-0.05, 0) is 0 Å². The Kier molecular flexibility index (Phi) is 12.5. The molecule has 0 aliphatic carbocycles. The Bertz CT molecular complexity index is 54.2. The van der Waals surface area contributed by atoms with Gasteiger partial charge >= 0.3 is 39.9 Å². The van der Waals surface area contributed by atoms with Gasteiger partial charge < -0.3 is 24.7 Å². The van der Waals surface area contributed by atoms with E-state index in [4.69, 9.17) is 19.2 Å².